The molecule has 0 aliphatic carbocycles. The van der Waals surface area contributed by atoms with E-state index in [1.807, 2.05) is 35.9 Å². The van der Waals surface area contributed by atoms with Crippen LogP contribution in [0.1, 0.15) is 12.2 Å². The molecule has 0 spiro atoms. The molecular weight excluding hydrogens is 324 g/mol. The summed E-state index contributed by atoms with van der Waals surface area (Å²) in [5.41, 5.74) is 1.92. The van der Waals surface area contributed by atoms with E-state index in [4.69, 9.17) is 9.84 Å². The van der Waals surface area contributed by atoms with Gasteiger partial charge in [-0.2, -0.15) is 0 Å². The number of carboxylic acids is 1. The number of aryl methyl sites for hydroxylation is 1. The Morgan fingerprint density at radius 3 is 2.60 bits per heavy atom. The summed E-state index contributed by atoms with van der Waals surface area (Å²) in [6.07, 6.45) is 0.472. The quantitative estimate of drug-likeness (QED) is 0.910. The molecule has 5 nitrogen and oxygen atoms in total. The number of carbonyl (C=O) groups is 1. The molecule has 2 aromatic rings. The van der Waals surface area contributed by atoms with Crippen molar-refractivity contribution in [3.8, 4) is 17.0 Å². The Hall–Kier alpha value is -1.82. The Balaban J connectivity index is 2.33. The van der Waals surface area contributed by atoms with Gasteiger partial charge < -0.3 is 14.4 Å². The average molecular weight is 339 g/mol. The predicted octanol–water partition coefficient (Wildman–Crippen LogP) is 2.88. The van der Waals surface area contributed by atoms with Crippen molar-refractivity contribution in [2.45, 2.75) is 12.8 Å². The molecule has 0 fully saturated rings. The molecule has 0 aliphatic heterocycles. The minimum atomic E-state index is -0.824. The Labute approximate surface area is 125 Å². The molecule has 0 saturated carbocycles. The van der Waals surface area contributed by atoms with Crippen molar-refractivity contribution < 1.29 is 14.6 Å². The molecule has 1 aromatic carbocycles. The van der Waals surface area contributed by atoms with Gasteiger partial charge in [0, 0.05) is 19.0 Å². The summed E-state index contributed by atoms with van der Waals surface area (Å²) in [7, 11) is 3.51. The van der Waals surface area contributed by atoms with Crippen LogP contribution in [0, 0.1) is 0 Å². The second-order valence-corrected chi connectivity index (χ2v) is 5.10. The zero-order chi connectivity index (χ0) is 14.7. The molecule has 106 valence electrons. The van der Waals surface area contributed by atoms with Gasteiger partial charge >= 0.3 is 5.97 Å². The molecule has 6 heteroatoms. The van der Waals surface area contributed by atoms with Crippen LogP contribution in [0.3, 0.4) is 0 Å². The van der Waals surface area contributed by atoms with Gasteiger partial charge in [-0.3, -0.25) is 4.79 Å². The highest BCUT2D eigenvalue weighted by Crippen LogP contribution is 2.30. The maximum absolute atomic E-state index is 10.7. The summed E-state index contributed by atoms with van der Waals surface area (Å²) >= 11 is 3.44. The number of imidazole rings is 1. The largest absolute Gasteiger partial charge is 0.497 e. The molecule has 0 radical (unpaired) electrons. The Morgan fingerprint density at radius 1 is 1.40 bits per heavy atom. The highest BCUT2D eigenvalue weighted by molar-refractivity contribution is 9.10. The monoisotopic (exact) mass is 338 g/mol. The van der Waals surface area contributed by atoms with E-state index in [0.717, 1.165) is 22.8 Å². The summed E-state index contributed by atoms with van der Waals surface area (Å²) < 4.78 is 7.76. The predicted molar refractivity (Wildman–Crippen MR) is 78.9 cm³/mol. The SMILES string of the molecule is COc1ccc(-c2c(Br)nc(CCC(=O)O)n2C)cc1. The number of hydrogen-bond donors (Lipinski definition) is 1. The van der Waals surface area contributed by atoms with Crippen molar-refractivity contribution in [1.82, 2.24) is 9.55 Å². The smallest absolute Gasteiger partial charge is 0.303 e. The number of hydrogen-bond acceptors (Lipinski definition) is 3. The van der Waals surface area contributed by atoms with E-state index in [1.54, 1.807) is 7.11 Å². The van der Waals surface area contributed by atoms with Crippen molar-refractivity contribution >= 4 is 21.9 Å². The lowest BCUT2D eigenvalue weighted by Gasteiger charge is -2.07. The zero-order valence-electron chi connectivity index (χ0n) is 11.3. The van der Waals surface area contributed by atoms with Crippen LogP contribution in [0.25, 0.3) is 11.3 Å². The first-order valence-electron chi connectivity index (χ1n) is 6.10. The topological polar surface area (TPSA) is 64.3 Å². The van der Waals surface area contributed by atoms with Gasteiger partial charge in [0.1, 0.15) is 16.2 Å². The lowest BCUT2D eigenvalue weighted by Crippen LogP contribution is -2.04. The average Bonchev–Trinajstić information content (AvgIpc) is 2.71. The molecule has 0 amide bonds. The summed E-state index contributed by atoms with van der Waals surface area (Å²) in [4.78, 5) is 15.0. The molecule has 0 aliphatic rings. The zero-order valence-corrected chi connectivity index (χ0v) is 12.8. The number of nitrogens with zero attached hydrogens (tertiary/aromatic N) is 2. The number of halogens is 1. The van der Waals surface area contributed by atoms with E-state index in [9.17, 15) is 4.79 Å². The van der Waals surface area contributed by atoms with Gasteiger partial charge in [0.25, 0.3) is 0 Å². The number of aliphatic carboxylic acids is 1. The van der Waals surface area contributed by atoms with Gasteiger partial charge in [-0.1, -0.05) is 0 Å². The van der Waals surface area contributed by atoms with Crippen LogP contribution in [0.2, 0.25) is 0 Å². The van der Waals surface area contributed by atoms with Gasteiger partial charge in [-0.05, 0) is 40.2 Å². The lowest BCUT2D eigenvalue weighted by atomic mass is 10.1. The highest BCUT2D eigenvalue weighted by Gasteiger charge is 2.15. The fourth-order valence-electron chi connectivity index (χ4n) is 2.01. The van der Waals surface area contributed by atoms with Crippen molar-refractivity contribution in [3.63, 3.8) is 0 Å². The van der Waals surface area contributed by atoms with Gasteiger partial charge in [0.2, 0.25) is 0 Å². The first kappa shape index (κ1) is 14.6. The van der Waals surface area contributed by atoms with Crippen LogP contribution in [0.4, 0.5) is 0 Å². The first-order chi connectivity index (χ1) is 9.52. The van der Waals surface area contributed by atoms with Crippen molar-refractivity contribution in [3.05, 3.63) is 34.7 Å². The van der Waals surface area contributed by atoms with E-state index in [-0.39, 0.29) is 6.42 Å². The number of rotatable bonds is 5. The third-order valence-electron chi connectivity index (χ3n) is 3.07. The second kappa shape index (κ2) is 6.09. The summed E-state index contributed by atoms with van der Waals surface area (Å²) in [6.45, 7) is 0. The van der Waals surface area contributed by atoms with Crippen LogP contribution >= 0.6 is 15.9 Å². The molecule has 0 unspecified atom stereocenters. The molecule has 1 N–H and O–H groups in total. The lowest BCUT2D eigenvalue weighted by molar-refractivity contribution is -0.137. The van der Waals surface area contributed by atoms with Crippen molar-refractivity contribution in [2.24, 2.45) is 7.05 Å². The number of methoxy groups -OCH3 is 1. The third kappa shape index (κ3) is 3.01. The van der Waals surface area contributed by atoms with E-state index >= 15 is 0 Å². The summed E-state index contributed by atoms with van der Waals surface area (Å²) in [5, 5.41) is 8.75. The van der Waals surface area contributed by atoms with Gasteiger partial charge in [0.05, 0.1) is 19.2 Å². The molecule has 0 saturated heterocycles. The minimum Gasteiger partial charge on any atom is -0.497 e. The molecule has 20 heavy (non-hydrogen) atoms. The highest BCUT2D eigenvalue weighted by atomic mass is 79.9. The third-order valence-corrected chi connectivity index (χ3v) is 3.62. The van der Waals surface area contributed by atoms with Crippen LogP contribution < -0.4 is 4.74 Å². The number of aromatic nitrogens is 2. The molecule has 2 rings (SSSR count). The molecular formula is C14H15BrN2O3. The molecule has 0 bridgehead atoms. The van der Waals surface area contributed by atoms with Crippen LogP contribution in [0.15, 0.2) is 28.9 Å². The fraction of sp³-hybridized carbons (Fsp3) is 0.286. The Bertz CT molecular complexity index is 620. The van der Waals surface area contributed by atoms with Gasteiger partial charge in [-0.25, -0.2) is 4.98 Å². The fourth-order valence-corrected chi connectivity index (χ4v) is 2.71. The van der Waals surface area contributed by atoms with Crippen LogP contribution in [-0.4, -0.2) is 27.7 Å². The van der Waals surface area contributed by atoms with E-state index < -0.39 is 5.97 Å². The van der Waals surface area contributed by atoms with E-state index in [0.29, 0.717) is 11.0 Å². The number of carboxylic acid groups (broad SMARTS) is 1. The second-order valence-electron chi connectivity index (χ2n) is 4.35. The molecule has 1 aromatic heterocycles. The number of ether oxygens (including phenoxy) is 1. The van der Waals surface area contributed by atoms with Crippen LogP contribution in [0.5, 0.6) is 5.75 Å². The maximum atomic E-state index is 10.7. The molecule has 0 atom stereocenters. The Kier molecular flexibility index (Phi) is 4.44. The van der Waals surface area contributed by atoms with E-state index in [2.05, 4.69) is 20.9 Å². The van der Waals surface area contributed by atoms with E-state index in [1.165, 1.54) is 0 Å². The molecule has 1 heterocycles. The minimum absolute atomic E-state index is 0.0688. The Morgan fingerprint density at radius 2 is 2.05 bits per heavy atom. The summed E-state index contributed by atoms with van der Waals surface area (Å²) in [6, 6.07) is 7.65. The van der Waals surface area contributed by atoms with Crippen molar-refractivity contribution in [2.75, 3.05) is 7.11 Å². The summed E-state index contributed by atoms with van der Waals surface area (Å²) in [5.74, 6) is 0.707. The van der Waals surface area contributed by atoms with Gasteiger partial charge in [0.15, 0.2) is 0 Å². The normalized spacial score (nSPS) is 10.6. The number of benzene rings is 1. The first-order valence-corrected chi connectivity index (χ1v) is 6.89. The van der Waals surface area contributed by atoms with Crippen LogP contribution in [-0.2, 0) is 18.3 Å². The van der Waals surface area contributed by atoms with Crippen molar-refractivity contribution in [1.29, 1.82) is 0 Å². The maximum Gasteiger partial charge on any atom is 0.303 e. The van der Waals surface area contributed by atoms with Gasteiger partial charge in [-0.15, -0.1) is 0 Å². The standard InChI is InChI=1S/C14H15BrN2O3/c1-17-11(7-8-12(18)19)16-14(15)13(17)9-3-5-10(20-2)6-4-9/h3-6H,7-8H2,1-2H3,(H,18,19).